The van der Waals surface area contributed by atoms with Gasteiger partial charge in [0.2, 0.25) is 0 Å². The van der Waals surface area contributed by atoms with Gasteiger partial charge in [-0.3, -0.25) is 0 Å². The predicted molar refractivity (Wildman–Crippen MR) is 63.8 cm³/mol. The number of aliphatic hydroxyl groups excluding tert-OH is 1. The fourth-order valence-corrected chi connectivity index (χ4v) is 1.70. The van der Waals surface area contributed by atoms with Crippen LogP contribution in [0.2, 0.25) is 0 Å². The van der Waals surface area contributed by atoms with Crippen LogP contribution in [0.4, 0.5) is 0 Å². The summed E-state index contributed by atoms with van der Waals surface area (Å²) < 4.78 is 0.939. The third kappa shape index (κ3) is 3.81. The van der Waals surface area contributed by atoms with Gasteiger partial charge >= 0.3 is 0 Å². The van der Waals surface area contributed by atoms with Crippen LogP contribution in [0.3, 0.4) is 0 Å². The van der Waals surface area contributed by atoms with Crippen LogP contribution in [-0.4, -0.2) is 22.9 Å². The van der Waals surface area contributed by atoms with E-state index in [1.807, 2.05) is 13.0 Å². The average Bonchev–Trinajstić information content (AvgIpc) is 2.24. The van der Waals surface area contributed by atoms with Gasteiger partial charge in [0.15, 0.2) is 0 Å². The monoisotopic (exact) mass is 273 g/mol. The van der Waals surface area contributed by atoms with E-state index in [0.29, 0.717) is 6.54 Å². The number of benzene rings is 1. The first kappa shape index (κ1) is 12.5. The smallest absolute Gasteiger partial charge is 0.120 e. The number of nitrogens with one attached hydrogen (secondary N) is 1. The van der Waals surface area contributed by atoms with Crippen LogP contribution < -0.4 is 5.32 Å². The second-order valence-corrected chi connectivity index (χ2v) is 4.36. The Bertz CT molecular complexity index is 313. The lowest BCUT2D eigenvalue weighted by atomic mass is 10.1. The van der Waals surface area contributed by atoms with Crippen molar-refractivity contribution in [1.29, 1.82) is 0 Å². The lowest BCUT2D eigenvalue weighted by Gasteiger charge is -2.14. The molecule has 0 radical (unpaired) electrons. The molecule has 0 heterocycles. The standard InChI is InChI=1S/C11H16BrNO2/c1-2-10(7-14)13-6-8-5-9(12)3-4-11(8)15/h3-5,10,13-15H,2,6-7H2,1H3/t10-/m0/s1. The Hall–Kier alpha value is -0.580. The van der Waals surface area contributed by atoms with Gasteiger partial charge in [0.1, 0.15) is 5.75 Å². The molecule has 0 aliphatic rings. The lowest BCUT2D eigenvalue weighted by molar-refractivity contribution is 0.238. The van der Waals surface area contributed by atoms with Crippen molar-refractivity contribution in [2.75, 3.05) is 6.61 Å². The first-order valence-electron chi connectivity index (χ1n) is 4.99. The first-order chi connectivity index (χ1) is 7.17. The predicted octanol–water partition coefficient (Wildman–Crippen LogP) is 2.02. The summed E-state index contributed by atoms with van der Waals surface area (Å²) in [6, 6.07) is 5.40. The van der Waals surface area contributed by atoms with Crippen LogP contribution >= 0.6 is 15.9 Å². The van der Waals surface area contributed by atoms with Crippen LogP contribution in [0, 0.1) is 0 Å². The van der Waals surface area contributed by atoms with Crippen molar-refractivity contribution in [3.63, 3.8) is 0 Å². The van der Waals surface area contributed by atoms with Crippen LogP contribution in [0.25, 0.3) is 0 Å². The Morgan fingerprint density at radius 2 is 2.20 bits per heavy atom. The summed E-state index contributed by atoms with van der Waals surface area (Å²) in [4.78, 5) is 0. The maximum Gasteiger partial charge on any atom is 0.120 e. The zero-order valence-corrected chi connectivity index (χ0v) is 10.3. The van der Waals surface area contributed by atoms with E-state index in [-0.39, 0.29) is 18.4 Å². The molecule has 0 aliphatic carbocycles. The molecule has 0 unspecified atom stereocenters. The molecule has 3 nitrogen and oxygen atoms in total. The highest BCUT2D eigenvalue weighted by Crippen LogP contribution is 2.21. The number of hydrogen-bond acceptors (Lipinski definition) is 3. The van der Waals surface area contributed by atoms with Crippen molar-refractivity contribution in [2.24, 2.45) is 0 Å². The molecule has 0 saturated heterocycles. The van der Waals surface area contributed by atoms with Crippen molar-refractivity contribution in [3.8, 4) is 5.75 Å². The third-order valence-electron chi connectivity index (χ3n) is 2.34. The SMILES string of the molecule is CC[C@@H](CO)NCc1cc(Br)ccc1O. The average molecular weight is 274 g/mol. The van der Waals surface area contributed by atoms with Crippen molar-refractivity contribution < 1.29 is 10.2 Å². The minimum absolute atomic E-state index is 0.0865. The lowest BCUT2D eigenvalue weighted by Crippen LogP contribution is -2.31. The molecule has 0 aromatic heterocycles. The number of aromatic hydroxyl groups is 1. The van der Waals surface area contributed by atoms with Gasteiger partial charge in [-0.05, 0) is 24.6 Å². The van der Waals surface area contributed by atoms with Gasteiger partial charge in [0, 0.05) is 22.6 Å². The van der Waals surface area contributed by atoms with Gasteiger partial charge in [-0.1, -0.05) is 22.9 Å². The Labute approximate surface area is 98.3 Å². The van der Waals surface area contributed by atoms with Gasteiger partial charge in [-0.2, -0.15) is 0 Å². The molecule has 0 fully saturated rings. The molecular weight excluding hydrogens is 258 g/mol. The normalized spacial score (nSPS) is 12.7. The second kappa shape index (κ2) is 6.10. The number of halogens is 1. The van der Waals surface area contributed by atoms with Crippen LogP contribution in [0.1, 0.15) is 18.9 Å². The molecule has 0 spiro atoms. The largest absolute Gasteiger partial charge is 0.508 e. The minimum atomic E-state index is 0.0865. The summed E-state index contributed by atoms with van der Waals surface area (Å²) in [6.45, 7) is 2.68. The minimum Gasteiger partial charge on any atom is -0.508 e. The molecule has 4 heteroatoms. The Kier molecular flexibility index (Phi) is 5.08. The summed E-state index contributed by atoms with van der Waals surface area (Å²) >= 11 is 3.35. The molecule has 0 saturated carbocycles. The second-order valence-electron chi connectivity index (χ2n) is 3.44. The molecule has 1 atom stereocenters. The highest BCUT2D eigenvalue weighted by molar-refractivity contribution is 9.10. The molecule has 0 aliphatic heterocycles. The van der Waals surface area contributed by atoms with E-state index in [4.69, 9.17) is 5.11 Å². The van der Waals surface area contributed by atoms with Gasteiger partial charge in [-0.25, -0.2) is 0 Å². The summed E-state index contributed by atoms with van der Waals surface area (Å²) in [7, 11) is 0. The van der Waals surface area contributed by atoms with Crippen LogP contribution in [0.5, 0.6) is 5.75 Å². The van der Waals surface area contributed by atoms with Crippen molar-refractivity contribution in [1.82, 2.24) is 5.32 Å². The zero-order valence-electron chi connectivity index (χ0n) is 8.70. The maximum absolute atomic E-state index is 9.57. The number of hydrogen-bond donors (Lipinski definition) is 3. The van der Waals surface area contributed by atoms with Gasteiger partial charge in [0.25, 0.3) is 0 Å². The molecule has 15 heavy (non-hydrogen) atoms. The van der Waals surface area contributed by atoms with Gasteiger partial charge in [-0.15, -0.1) is 0 Å². The van der Waals surface area contributed by atoms with E-state index in [1.54, 1.807) is 12.1 Å². The van der Waals surface area contributed by atoms with Crippen molar-refractivity contribution >= 4 is 15.9 Å². The third-order valence-corrected chi connectivity index (χ3v) is 2.83. The first-order valence-corrected chi connectivity index (χ1v) is 5.78. The summed E-state index contributed by atoms with van der Waals surface area (Å²) in [5.74, 6) is 0.276. The number of aliphatic hydroxyl groups is 1. The van der Waals surface area contributed by atoms with E-state index in [9.17, 15) is 5.11 Å². The summed E-state index contributed by atoms with van der Waals surface area (Å²) in [5, 5.41) is 21.7. The topological polar surface area (TPSA) is 52.5 Å². The molecule has 0 amide bonds. The van der Waals surface area contributed by atoms with E-state index >= 15 is 0 Å². The molecule has 0 bridgehead atoms. The van der Waals surface area contributed by atoms with Crippen molar-refractivity contribution in [3.05, 3.63) is 28.2 Å². The van der Waals surface area contributed by atoms with E-state index in [2.05, 4.69) is 21.2 Å². The Balaban J connectivity index is 2.60. The highest BCUT2D eigenvalue weighted by Gasteiger charge is 2.06. The fourth-order valence-electron chi connectivity index (χ4n) is 1.29. The molecule has 1 aromatic carbocycles. The quantitative estimate of drug-likeness (QED) is 0.770. The Morgan fingerprint density at radius 1 is 1.47 bits per heavy atom. The number of phenolic OH excluding ortho intramolecular Hbond substituents is 1. The Morgan fingerprint density at radius 3 is 2.80 bits per heavy atom. The van der Waals surface area contributed by atoms with E-state index in [1.165, 1.54) is 0 Å². The molecule has 1 aromatic rings. The molecule has 3 N–H and O–H groups in total. The summed E-state index contributed by atoms with van der Waals surface area (Å²) in [6.07, 6.45) is 0.866. The zero-order chi connectivity index (χ0) is 11.3. The molecule has 1 rings (SSSR count). The number of phenols is 1. The van der Waals surface area contributed by atoms with Crippen LogP contribution in [-0.2, 0) is 6.54 Å². The highest BCUT2D eigenvalue weighted by atomic mass is 79.9. The molecule has 84 valence electrons. The molecular formula is C11H16BrNO2. The summed E-state index contributed by atoms with van der Waals surface area (Å²) in [5.41, 5.74) is 0.830. The maximum atomic E-state index is 9.57. The van der Waals surface area contributed by atoms with Crippen LogP contribution in [0.15, 0.2) is 22.7 Å². The van der Waals surface area contributed by atoms with E-state index < -0.39 is 0 Å². The number of rotatable bonds is 5. The fraction of sp³-hybridized carbons (Fsp3) is 0.455. The van der Waals surface area contributed by atoms with E-state index in [0.717, 1.165) is 16.5 Å². The van der Waals surface area contributed by atoms with Gasteiger partial charge in [0.05, 0.1) is 6.61 Å². The van der Waals surface area contributed by atoms with Crippen molar-refractivity contribution in [2.45, 2.75) is 25.9 Å². The van der Waals surface area contributed by atoms with Gasteiger partial charge < -0.3 is 15.5 Å².